The molecule has 0 radical (unpaired) electrons. The van der Waals surface area contributed by atoms with Crippen molar-refractivity contribution in [3.63, 3.8) is 0 Å². The summed E-state index contributed by atoms with van der Waals surface area (Å²) in [6.07, 6.45) is 0. The van der Waals surface area contributed by atoms with E-state index >= 15 is 0 Å². The van der Waals surface area contributed by atoms with Crippen molar-refractivity contribution in [2.24, 2.45) is 0 Å². The lowest BCUT2D eigenvalue weighted by atomic mass is 10.1. The quantitative estimate of drug-likeness (QED) is 0.840. The largest absolute Gasteiger partial charge is 0.497 e. The average Bonchev–Trinajstić information content (AvgIpc) is 2.36. The smallest absolute Gasteiger partial charge is 0.192 e. The van der Waals surface area contributed by atoms with Gasteiger partial charge in [-0.15, -0.1) is 0 Å². The van der Waals surface area contributed by atoms with Crippen LogP contribution in [0.15, 0.2) is 12.1 Å². The predicted octanol–water partition coefficient (Wildman–Crippen LogP) is 3.85. The summed E-state index contributed by atoms with van der Waals surface area (Å²) in [6, 6.07) is 3.13. The fourth-order valence-electron chi connectivity index (χ4n) is 1.53. The molecule has 0 aromatic heterocycles. The number of halogens is 1. The first-order valence-corrected chi connectivity index (χ1v) is 9.63. The van der Waals surface area contributed by atoms with E-state index in [1.165, 1.54) is 13.2 Å². The molecule has 0 unspecified atom stereocenters. The highest BCUT2D eigenvalue weighted by molar-refractivity contribution is 6.74. The summed E-state index contributed by atoms with van der Waals surface area (Å²) in [7, 11) is -0.415. The van der Waals surface area contributed by atoms with Crippen LogP contribution >= 0.6 is 0 Å². The molecule has 20 heavy (non-hydrogen) atoms. The number of aliphatic hydroxyl groups is 1. The van der Waals surface area contributed by atoms with E-state index in [9.17, 15) is 9.50 Å². The number of hydrogen-bond acceptors (Lipinski definition) is 3. The Labute approximate surface area is 121 Å². The summed E-state index contributed by atoms with van der Waals surface area (Å²) >= 11 is 0. The summed E-state index contributed by atoms with van der Waals surface area (Å²) in [6.45, 7) is 10.5. The van der Waals surface area contributed by atoms with Crippen molar-refractivity contribution < 1.29 is 18.7 Å². The Morgan fingerprint density at radius 3 is 2.20 bits per heavy atom. The summed E-state index contributed by atoms with van der Waals surface area (Å²) in [5.74, 6) is 0.122. The topological polar surface area (TPSA) is 38.7 Å². The molecular weight excluding hydrogens is 275 g/mol. The summed E-state index contributed by atoms with van der Waals surface area (Å²) in [5.41, 5.74) is 0.663. The van der Waals surface area contributed by atoms with Gasteiger partial charge in [0, 0.05) is 11.1 Å². The number of methoxy groups -OCH3 is 1. The molecular formula is C15H25FO3Si. The first-order chi connectivity index (χ1) is 9.12. The lowest BCUT2D eigenvalue weighted by Crippen LogP contribution is -2.40. The molecule has 0 bridgehead atoms. The van der Waals surface area contributed by atoms with Crippen LogP contribution in [-0.4, -0.2) is 20.5 Å². The molecule has 1 rings (SSSR count). The normalized spacial score (nSPS) is 12.6. The molecule has 114 valence electrons. The van der Waals surface area contributed by atoms with Crippen LogP contribution < -0.4 is 4.74 Å². The SMILES string of the molecule is COc1cc(CO)c(F)c(CO[Si](C)(C)C(C)(C)C)c1. The van der Waals surface area contributed by atoms with Crippen LogP contribution in [0, 0.1) is 5.82 Å². The summed E-state index contributed by atoms with van der Waals surface area (Å²) < 4.78 is 25.3. The monoisotopic (exact) mass is 300 g/mol. The zero-order chi connectivity index (χ0) is 15.6. The second-order valence-corrected chi connectivity index (χ2v) is 11.3. The molecule has 0 heterocycles. The van der Waals surface area contributed by atoms with Crippen molar-refractivity contribution in [2.75, 3.05) is 7.11 Å². The van der Waals surface area contributed by atoms with E-state index in [0.717, 1.165) is 0 Å². The molecule has 0 aliphatic heterocycles. The number of benzene rings is 1. The van der Waals surface area contributed by atoms with Crippen LogP contribution in [0.2, 0.25) is 18.1 Å². The maximum Gasteiger partial charge on any atom is 0.192 e. The number of aliphatic hydroxyl groups excluding tert-OH is 1. The zero-order valence-electron chi connectivity index (χ0n) is 13.2. The van der Waals surface area contributed by atoms with Crippen molar-refractivity contribution >= 4 is 8.32 Å². The van der Waals surface area contributed by atoms with Gasteiger partial charge in [0.15, 0.2) is 8.32 Å². The number of rotatable bonds is 5. The minimum atomic E-state index is -1.94. The Bertz CT molecular complexity index is 467. The fourth-order valence-corrected chi connectivity index (χ4v) is 2.48. The van der Waals surface area contributed by atoms with Crippen molar-refractivity contribution in [2.45, 2.75) is 52.1 Å². The predicted molar refractivity (Wildman–Crippen MR) is 80.9 cm³/mol. The van der Waals surface area contributed by atoms with Gasteiger partial charge in [0.1, 0.15) is 11.6 Å². The van der Waals surface area contributed by atoms with Crippen molar-refractivity contribution in [1.82, 2.24) is 0 Å². The molecule has 5 heteroatoms. The van der Waals surface area contributed by atoms with Crippen molar-refractivity contribution in [1.29, 1.82) is 0 Å². The standard InChI is InChI=1S/C15H25FO3Si/c1-15(2,3)20(5,6)19-10-12-8-13(18-4)7-11(9-17)14(12)16/h7-8,17H,9-10H2,1-6H3. The number of ether oxygens (including phenoxy) is 1. The Morgan fingerprint density at radius 1 is 1.20 bits per heavy atom. The van der Waals surface area contributed by atoms with E-state index in [1.807, 2.05) is 0 Å². The van der Waals surface area contributed by atoms with E-state index in [1.54, 1.807) is 6.07 Å². The highest BCUT2D eigenvalue weighted by Gasteiger charge is 2.37. The molecule has 0 spiro atoms. The van der Waals surface area contributed by atoms with Gasteiger partial charge >= 0.3 is 0 Å². The minimum Gasteiger partial charge on any atom is -0.497 e. The third-order valence-electron chi connectivity index (χ3n) is 4.00. The van der Waals surface area contributed by atoms with E-state index < -0.39 is 14.1 Å². The van der Waals surface area contributed by atoms with E-state index in [2.05, 4.69) is 33.9 Å². The van der Waals surface area contributed by atoms with Crippen LogP contribution in [-0.2, 0) is 17.6 Å². The molecule has 0 fully saturated rings. The van der Waals surface area contributed by atoms with Gasteiger partial charge in [-0.2, -0.15) is 0 Å². The highest BCUT2D eigenvalue weighted by atomic mass is 28.4. The Hall–Kier alpha value is -0.913. The molecule has 1 N–H and O–H groups in total. The molecule has 1 aromatic carbocycles. The third-order valence-corrected chi connectivity index (χ3v) is 8.48. The summed E-state index contributed by atoms with van der Waals surface area (Å²) in [4.78, 5) is 0. The van der Waals surface area contributed by atoms with Crippen LogP contribution in [0.4, 0.5) is 4.39 Å². The van der Waals surface area contributed by atoms with Crippen LogP contribution in [0.3, 0.4) is 0 Å². The van der Waals surface area contributed by atoms with Gasteiger partial charge in [0.25, 0.3) is 0 Å². The van der Waals surface area contributed by atoms with Gasteiger partial charge in [0.05, 0.1) is 20.3 Å². The van der Waals surface area contributed by atoms with Gasteiger partial charge < -0.3 is 14.3 Å². The summed E-state index contributed by atoms with van der Waals surface area (Å²) in [5, 5.41) is 9.26. The highest BCUT2D eigenvalue weighted by Crippen LogP contribution is 2.37. The molecule has 1 aromatic rings. The second-order valence-electron chi connectivity index (χ2n) is 6.47. The Morgan fingerprint density at radius 2 is 1.75 bits per heavy atom. The van der Waals surface area contributed by atoms with Crippen molar-refractivity contribution in [3.8, 4) is 5.75 Å². The molecule has 0 saturated heterocycles. The molecule has 0 saturated carbocycles. The zero-order valence-corrected chi connectivity index (χ0v) is 14.2. The van der Waals surface area contributed by atoms with Gasteiger partial charge in [0.2, 0.25) is 0 Å². The number of hydrogen-bond donors (Lipinski definition) is 1. The third kappa shape index (κ3) is 3.81. The van der Waals surface area contributed by atoms with Gasteiger partial charge in [-0.1, -0.05) is 20.8 Å². The Kier molecular flexibility index (Phi) is 5.35. The maximum absolute atomic E-state index is 14.2. The Balaban J connectivity index is 2.98. The van der Waals surface area contributed by atoms with E-state index in [4.69, 9.17) is 9.16 Å². The first-order valence-electron chi connectivity index (χ1n) is 6.72. The maximum atomic E-state index is 14.2. The lowest BCUT2D eigenvalue weighted by Gasteiger charge is -2.36. The van der Waals surface area contributed by atoms with Gasteiger partial charge in [-0.05, 0) is 30.3 Å². The lowest BCUT2D eigenvalue weighted by molar-refractivity contribution is 0.260. The van der Waals surface area contributed by atoms with Crippen molar-refractivity contribution in [3.05, 3.63) is 29.1 Å². The van der Waals surface area contributed by atoms with E-state index in [-0.39, 0.29) is 23.8 Å². The second kappa shape index (κ2) is 6.24. The van der Waals surface area contributed by atoms with Gasteiger partial charge in [-0.25, -0.2) is 4.39 Å². The van der Waals surface area contributed by atoms with Crippen LogP contribution in [0.25, 0.3) is 0 Å². The average molecular weight is 300 g/mol. The van der Waals surface area contributed by atoms with Crippen LogP contribution in [0.5, 0.6) is 5.75 Å². The molecule has 0 aliphatic rings. The molecule has 0 aliphatic carbocycles. The minimum absolute atomic E-state index is 0.0716. The van der Waals surface area contributed by atoms with Crippen LogP contribution in [0.1, 0.15) is 31.9 Å². The fraction of sp³-hybridized carbons (Fsp3) is 0.600. The van der Waals surface area contributed by atoms with E-state index in [0.29, 0.717) is 11.3 Å². The molecule has 0 amide bonds. The molecule has 0 atom stereocenters. The van der Waals surface area contributed by atoms with Gasteiger partial charge in [-0.3, -0.25) is 0 Å². The first kappa shape index (κ1) is 17.1. The molecule has 3 nitrogen and oxygen atoms in total.